The number of nitrogens with one attached hydrogen (secondary N) is 2. The monoisotopic (exact) mass is 380 g/mol. The lowest BCUT2D eigenvalue weighted by Gasteiger charge is -2.07. The van der Waals surface area contributed by atoms with E-state index < -0.39 is 0 Å². The van der Waals surface area contributed by atoms with E-state index in [4.69, 9.17) is 0 Å². The molecule has 5 aromatic rings. The van der Waals surface area contributed by atoms with Crippen molar-refractivity contribution >= 4 is 21.7 Å². The molecule has 3 aromatic carbocycles. The highest BCUT2D eigenvalue weighted by atomic mass is 16.1. The van der Waals surface area contributed by atoms with E-state index >= 15 is 0 Å². The number of nitrogens with zero attached hydrogens (tertiary/aromatic N) is 2. The summed E-state index contributed by atoms with van der Waals surface area (Å²) in [6.07, 6.45) is 0.583. The standard InChI is InChI=1S/C23H16N4O2/c28-22-18-7-3-4-8-19(18)24-21(25-22)15-11-9-14(10-12-15)13-20-16-5-1-2-6-17(16)23(29)27-26-20/h1-12H,13H2,(H,27,29)(H,24,25,28). The predicted octanol–water partition coefficient (Wildman–Crippen LogP) is 3.42. The number of H-pyrrole nitrogens is 2. The zero-order chi connectivity index (χ0) is 19.8. The van der Waals surface area contributed by atoms with Crippen molar-refractivity contribution in [1.29, 1.82) is 0 Å². The van der Waals surface area contributed by atoms with Crippen molar-refractivity contribution in [2.75, 3.05) is 0 Å². The zero-order valence-electron chi connectivity index (χ0n) is 15.3. The molecule has 2 aromatic heterocycles. The minimum absolute atomic E-state index is 0.154. The van der Waals surface area contributed by atoms with Crippen LogP contribution in [0.5, 0.6) is 0 Å². The SMILES string of the molecule is O=c1[nH]c(-c2ccc(Cc3n[nH]c(=O)c4ccccc34)cc2)nc2ccccc12. The fourth-order valence-corrected chi connectivity index (χ4v) is 3.50. The van der Waals surface area contributed by atoms with Gasteiger partial charge >= 0.3 is 0 Å². The van der Waals surface area contributed by atoms with E-state index in [1.165, 1.54) is 0 Å². The van der Waals surface area contributed by atoms with Crippen molar-refractivity contribution in [3.8, 4) is 11.4 Å². The third-order valence-electron chi connectivity index (χ3n) is 4.99. The largest absolute Gasteiger partial charge is 0.306 e. The minimum atomic E-state index is -0.189. The first-order valence-electron chi connectivity index (χ1n) is 9.24. The molecule has 0 saturated heterocycles. The summed E-state index contributed by atoms with van der Waals surface area (Å²) in [7, 11) is 0. The zero-order valence-corrected chi connectivity index (χ0v) is 15.3. The van der Waals surface area contributed by atoms with Gasteiger partial charge in [-0.2, -0.15) is 5.10 Å². The van der Waals surface area contributed by atoms with Crippen LogP contribution in [0, 0.1) is 0 Å². The van der Waals surface area contributed by atoms with E-state index in [0.717, 1.165) is 22.2 Å². The second-order valence-corrected chi connectivity index (χ2v) is 6.85. The number of benzene rings is 3. The van der Waals surface area contributed by atoms with Gasteiger partial charge in [-0.25, -0.2) is 10.1 Å². The van der Waals surface area contributed by atoms with Gasteiger partial charge in [0.05, 0.1) is 22.0 Å². The van der Waals surface area contributed by atoms with Crippen LogP contribution in [0.3, 0.4) is 0 Å². The fraction of sp³-hybridized carbons (Fsp3) is 0.0435. The van der Waals surface area contributed by atoms with Crippen LogP contribution < -0.4 is 11.1 Å². The maximum absolute atomic E-state index is 12.3. The summed E-state index contributed by atoms with van der Waals surface area (Å²) < 4.78 is 0. The van der Waals surface area contributed by atoms with E-state index in [1.807, 2.05) is 60.7 Å². The molecule has 6 nitrogen and oxygen atoms in total. The first kappa shape index (κ1) is 17.1. The topological polar surface area (TPSA) is 91.5 Å². The van der Waals surface area contributed by atoms with Gasteiger partial charge in [-0.05, 0) is 23.8 Å². The Morgan fingerprint density at radius 2 is 1.41 bits per heavy atom. The molecule has 5 rings (SSSR count). The van der Waals surface area contributed by atoms with Gasteiger partial charge in [-0.1, -0.05) is 54.6 Å². The molecule has 2 heterocycles. The molecular weight excluding hydrogens is 364 g/mol. The van der Waals surface area contributed by atoms with Crippen molar-refractivity contribution in [3.05, 3.63) is 105 Å². The van der Waals surface area contributed by atoms with Crippen molar-refractivity contribution in [1.82, 2.24) is 20.2 Å². The molecule has 0 aliphatic carbocycles. The van der Waals surface area contributed by atoms with E-state index in [0.29, 0.717) is 28.5 Å². The van der Waals surface area contributed by atoms with Crippen LogP contribution in [0.15, 0.2) is 82.4 Å². The van der Waals surface area contributed by atoms with Crippen molar-refractivity contribution in [2.24, 2.45) is 0 Å². The van der Waals surface area contributed by atoms with E-state index in [2.05, 4.69) is 20.2 Å². The Morgan fingerprint density at radius 1 is 0.724 bits per heavy atom. The Kier molecular flexibility index (Phi) is 4.02. The van der Waals surface area contributed by atoms with E-state index in [9.17, 15) is 9.59 Å². The van der Waals surface area contributed by atoms with Gasteiger partial charge in [0.25, 0.3) is 11.1 Å². The Hall–Kier alpha value is -4.06. The van der Waals surface area contributed by atoms with Crippen LogP contribution in [0.4, 0.5) is 0 Å². The van der Waals surface area contributed by atoms with Gasteiger partial charge in [-0.3, -0.25) is 9.59 Å². The highest BCUT2D eigenvalue weighted by Crippen LogP contribution is 2.20. The summed E-state index contributed by atoms with van der Waals surface area (Å²) in [5, 5.41) is 8.85. The van der Waals surface area contributed by atoms with Crippen LogP contribution in [-0.2, 0) is 6.42 Å². The van der Waals surface area contributed by atoms with E-state index in [1.54, 1.807) is 12.1 Å². The second-order valence-electron chi connectivity index (χ2n) is 6.85. The number of aromatic nitrogens is 4. The number of rotatable bonds is 3. The Bertz CT molecular complexity index is 1470. The lowest BCUT2D eigenvalue weighted by Crippen LogP contribution is -2.11. The normalized spacial score (nSPS) is 11.2. The molecule has 0 atom stereocenters. The number of aromatic amines is 2. The van der Waals surface area contributed by atoms with Crippen molar-refractivity contribution < 1.29 is 0 Å². The second kappa shape index (κ2) is 6.83. The van der Waals surface area contributed by atoms with Gasteiger partial charge in [0.1, 0.15) is 5.82 Å². The quantitative estimate of drug-likeness (QED) is 0.502. The van der Waals surface area contributed by atoms with Crippen LogP contribution in [0.2, 0.25) is 0 Å². The summed E-state index contributed by atoms with van der Waals surface area (Å²) in [6.45, 7) is 0. The third-order valence-corrected chi connectivity index (χ3v) is 4.99. The predicted molar refractivity (Wildman–Crippen MR) is 113 cm³/mol. The molecule has 140 valence electrons. The third kappa shape index (κ3) is 3.10. The van der Waals surface area contributed by atoms with Gasteiger partial charge in [0.15, 0.2) is 0 Å². The number of hydrogen-bond acceptors (Lipinski definition) is 4. The lowest BCUT2D eigenvalue weighted by molar-refractivity contribution is 0.934. The molecule has 0 amide bonds. The van der Waals surface area contributed by atoms with Crippen LogP contribution in [-0.4, -0.2) is 20.2 Å². The lowest BCUT2D eigenvalue weighted by atomic mass is 10.0. The molecule has 6 heteroatoms. The van der Waals surface area contributed by atoms with Crippen molar-refractivity contribution in [3.63, 3.8) is 0 Å². The Labute approximate surface area is 164 Å². The smallest absolute Gasteiger partial charge is 0.272 e. The van der Waals surface area contributed by atoms with Crippen LogP contribution >= 0.6 is 0 Å². The molecule has 0 unspecified atom stereocenters. The molecule has 0 radical (unpaired) electrons. The van der Waals surface area contributed by atoms with E-state index in [-0.39, 0.29) is 11.1 Å². The van der Waals surface area contributed by atoms with Gasteiger partial charge in [0.2, 0.25) is 0 Å². The summed E-state index contributed by atoms with van der Waals surface area (Å²) in [5.74, 6) is 0.535. The molecule has 0 saturated carbocycles. The number of para-hydroxylation sites is 1. The number of hydrogen-bond donors (Lipinski definition) is 2. The average molecular weight is 380 g/mol. The Balaban J connectivity index is 1.50. The van der Waals surface area contributed by atoms with Gasteiger partial charge in [-0.15, -0.1) is 0 Å². The first-order valence-corrected chi connectivity index (χ1v) is 9.24. The highest BCUT2D eigenvalue weighted by Gasteiger charge is 2.09. The summed E-state index contributed by atoms with van der Waals surface area (Å²) >= 11 is 0. The van der Waals surface area contributed by atoms with Crippen LogP contribution in [0.25, 0.3) is 33.1 Å². The average Bonchev–Trinajstić information content (AvgIpc) is 2.76. The summed E-state index contributed by atoms with van der Waals surface area (Å²) in [5.41, 5.74) is 3.01. The Morgan fingerprint density at radius 3 is 2.21 bits per heavy atom. The number of fused-ring (bicyclic) bond motifs is 2. The molecule has 2 N–H and O–H groups in total. The molecule has 29 heavy (non-hydrogen) atoms. The summed E-state index contributed by atoms with van der Waals surface area (Å²) in [4.78, 5) is 31.7. The fourth-order valence-electron chi connectivity index (χ4n) is 3.50. The molecule has 0 aliphatic heterocycles. The molecule has 0 fully saturated rings. The summed E-state index contributed by atoms with van der Waals surface area (Å²) in [6, 6.07) is 22.5. The molecule has 0 spiro atoms. The highest BCUT2D eigenvalue weighted by molar-refractivity contribution is 5.83. The molecule has 0 bridgehead atoms. The maximum atomic E-state index is 12.3. The van der Waals surface area contributed by atoms with Crippen molar-refractivity contribution in [2.45, 2.75) is 6.42 Å². The molecular formula is C23H16N4O2. The van der Waals surface area contributed by atoms with Crippen LogP contribution in [0.1, 0.15) is 11.3 Å². The van der Waals surface area contributed by atoms with Gasteiger partial charge < -0.3 is 4.98 Å². The maximum Gasteiger partial charge on any atom is 0.272 e. The molecule has 0 aliphatic rings. The minimum Gasteiger partial charge on any atom is -0.306 e. The van der Waals surface area contributed by atoms with Gasteiger partial charge in [0, 0.05) is 17.4 Å². The first-order chi connectivity index (χ1) is 14.2.